The molecule has 2 aromatic rings. The van der Waals surface area contributed by atoms with Crippen molar-refractivity contribution in [3.63, 3.8) is 0 Å². The maximum atomic E-state index is 13.2. The maximum absolute atomic E-state index is 13.2. The Morgan fingerprint density at radius 2 is 2.23 bits per heavy atom. The monoisotopic (exact) mass is 305 g/mol. The summed E-state index contributed by atoms with van der Waals surface area (Å²) in [6.07, 6.45) is 0.912. The highest BCUT2D eigenvalue weighted by molar-refractivity contribution is 5.89. The molecule has 7 heteroatoms. The van der Waals surface area contributed by atoms with Crippen molar-refractivity contribution < 1.29 is 19.1 Å². The summed E-state index contributed by atoms with van der Waals surface area (Å²) in [7, 11) is 1.84. The molecule has 0 bridgehead atoms. The highest BCUT2D eigenvalue weighted by Gasteiger charge is 2.48. The van der Waals surface area contributed by atoms with E-state index >= 15 is 0 Å². The molecule has 2 N–H and O–H groups in total. The fourth-order valence-corrected chi connectivity index (χ4v) is 2.63. The Labute approximate surface area is 125 Å². The van der Waals surface area contributed by atoms with E-state index < -0.39 is 17.8 Å². The molecule has 2 unspecified atom stereocenters. The van der Waals surface area contributed by atoms with Gasteiger partial charge in [-0.1, -0.05) is 0 Å². The SMILES string of the molecule is Cn1c(CCNC(=O)C2CC2C(=O)O)nc2cc(F)ccc21. The minimum absolute atomic E-state index is 0.225. The van der Waals surface area contributed by atoms with E-state index in [0.29, 0.717) is 24.9 Å². The number of carboxylic acid groups (broad SMARTS) is 1. The number of carboxylic acids is 1. The van der Waals surface area contributed by atoms with E-state index in [4.69, 9.17) is 5.11 Å². The number of nitrogens with zero attached hydrogens (tertiary/aromatic N) is 2. The average molecular weight is 305 g/mol. The highest BCUT2D eigenvalue weighted by atomic mass is 19.1. The number of hydrogen-bond donors (Lipinski definition) is 2. The molecule has 2 atom stereocenters. The van der Waals surface area contributed by atoms with Crippen LogP contribution < -0.4 is 5.32 Å². The molecular weight excluding hydrogens is 289 g/mol. The molecule has 0 spiro atoms. The number of aryl methyl sites for hydroxylation is 1. The smallest absolute Gasteiger partial charge is 0.307 e. The van der Waals surface area contributed by atoms with Gasteiger partial charge < -0.3 is 15.0 Å². The van der Waals surface area contributed by atoms with Crippen LogP contribution in [0.1, 0.15) is 12.2 Å². The Kier molecular flexibility index (Phi) is 3.56. The first kappa shape index (κ1) is 14.5. The first-order valence-corrected chi connectivity index (χ1v) is 7.08. The van der Waals surface area contributed by atoms with Crippen LogP contribution in [0.25, 0.3) is 11.0 Å². The van der Waals surface area contributed by atoms with E-state index in [1.54, 1.807) is 6.07 Å². The lowest BCUT2D eigenvalue weighted by Gasteiger charge is -2.05. The third-order valence-electron chi connectivity index (χ3n) is 4.03. The van der Waals surface area contributed by atoms with Gasteiger partial charge in [-0.05, 0) is 18.6 Å². The number of aromatic nitrogens is 2. The second-order valence-electron chi connectivity index (χ2n) is 5.55. The molecule has 1 aliphatic carbocycles. The van der Waals surface area contributed by atoms with Crippen LogP contribution in [-0.4, -0.2) is 33.1 Å². The number of halogens is 1. The van der Waals surface area contributed by atoms with E-state index in [2.05, 4.69) is 10.3 Å². The summed E-state index contributed by atoms with van der Waals surface area (Å²) < 4.78 is 15.0. The summed E-state index contributed by atoms with van der Waals surface area (Å²) in [4.78, 5) is 26.8. The van der Waals surface area contributed by atoms with Crippen molar-refractivity contribution >= 4 is 22.9 Å². The van der Waals surface area contributed by atoms with E-state index in [9.17, 15) is 14.0 Å². The van der Waals surface area contributed by atoms with E-state index in [1.807, 2.05) is 11.6 Å². The zero-order valence-electron chi connectivity index (χ0n) is 12.0. The van der Waals surface area contributed by atoms with Gasteiger partial charge in [-0.15, -0.1) is 0 Å². The molecule has 116 valence electrons. The Morgan fingerprint density at radius 1 is 1.45 bits per heavy atom. The van der Waals surface area contributed by atoms with Crippen LogP contribution in [0, 0.1) is 17.7 Å². The summed E-state index contributed by atoms with van der Waals surface area (Å²) in [5.74, 6) is -1.69. The molecule has 3 rings (SSSR count). The molecule has 0 radical (unpaired) electrons. The topological polar surface area (TPSA) is 84.2 Å². The lowest BCUT2D eigenvalue weighted by Crippen LogP contribution is -2.28. The lowest BCUT2D eigenvalue weighted by molar-refractivity contribution is -0.140. The van der Waals surface area contributed by atoms with Gasteiger partial charge in [-0.25, -0.2) is 9.37 Å². The summed E-state index contributed by atoms with van der Waals surface area (Å²) in [6, 6.07) is 4.43. The lowest BCUT2D eigenvalue weighted by atomic mass is 10.3. The van der Waals surface area contributed by atoms with Crippen molar-refractivity contribution in [1.29, 1.82) is 0 Å². The summed E-state index contributed by atoms with van der Waals surface area (Å²) in [5.41, 5.74) is 1.41. The summed E-state index contributed by atoms with van der Waals surface area (Å²) in [5, 5.41) is 11.5. The van der Waals surface area contributed by atoms with Gasteiger partial charge in [0.05, 0.1) is 22.9 Å². The standard InChI is InChI=1S/C15H16FN3O3/c1-19-12-3-2-8(16)6-11(12)18-13(19)4-5-17-14(20)9-7-10(9)15(21)22/h2-3,6,9-10H,4-5,7H2,1H3,(H,17,20)(H,21,22). The number of nitrogens with one attached hydrogen (secondary N) is 1. The van der Waals surface area contributed by atoms with Gasteiger partial charge >= 0.3 is 5.97 Å². The van der Waals surface area contributed by atoms with Crippen LogP contribution in [0.4, 0.5) is 4.39 Å². The van der Waals surface area contributed by atoms with Crippen molar-refractivity contribution in [2.45, 2.75) is 12.8 Å². The molecule has 6 nitrogen and oxygen atoms in total. The first-order valence-electron chi connectivity index (χ1n) is 7.08. The molecule has 1 amide bonds. The largest absolute Gasteiger partial charge is 0.481 e. The minimum Gasteiger partial charge on any atom is -0.481 e. The van der Waals surface area contributed by atoms with Crippen LogP contribution >= 0.6 is 0 Å². The van der Waals surface area contributed by atoms with Gasteiger partial charge in [0.2, 0.25) is 5.91 Å². The summed E-state index contributed by atoms with van der Waals surface area (Å²) in [6.45, 7) is 0.376. The number of carbonyl (C=O) groups excluding carboxylic acids is 1. The predicted octanol–water partition coefficient (Wildman–Crippen LogP) is 1.09. The predicted molar refractivity (Wildman–Crippen MR) is 76.6 cm³/mol. The van der Waals surface area contributed by atoms with Crippen molar-refractivity contribution in [2.75, 3.05) is 6.54 Å². The Bertz CT molecular complexity index is 756. The van der Waals surface area contributed by atoms with Gasteiger partial charge in [0.1, 0.15) is 11.6 Å². The van der Waals surface area contributed by atoms with E-state index in [1.165, 1.54) is 12.1 Å². The Morgan fingerprint density at radius 3 is 2.91 bits per heavy atom. The number of hydrogen-bond acceptors (Lipinski definition) is 3. The zero-order valence-corrected chi connectivity index (χ0v) is 12.0. The molecule has 1 fully saturated rings. The maximum Gasteiger partial charge on any atom is 0.307 e. The van der Waals surface area contributed by atoms with Crippen LogP contribution in [0.5, 0.6) is 0 Å². The number of rotatable bonds is 5. The molecular formula is C15H16FN3O3. The molecule has 0 aliphatic heterocycles. The molecule has 1 aliphatic rings. The molecule has 0 saturated heterocycles. The zero-order chi connectivity index (χ0) is 15.9. The number of fused-ring (bicyclic) bond motifs is 1. The summed E-state index contributed by atoms with van der Waals surface area (Å²) >= 11 is 0. The number of carbonyl (C=O) groups is 2. The number of imidazole rings is 1. The van der Waals surface area contributed by atoms with Gasteiger partial charge in [0, 0.05) is 26.1 Å². The van der Waals surface area contributed by atoms with Crippen molar-refractivity contribution in [3.05, 3.63) is 29.8 Å². The Hall–Kier alpha value is -2.44. The van der Waals surface area contributed by atoms with Crippen molar-refractivity contribution in [2.24, 2.45) is 18.9 Å². The molecule has 22 heavy (non-hydrogen) atoms. The molecule has 1 saturated carbocycles. The third kappa shape index (κ3) is 2.66. The van der Waals surface area contributed by atoms with Crippen molar-refractivity contribution in [1.82, 2.24) is 14.9 Å². The first-order chi connectivity index (χ1) is 10.5. The van der Waals surface area contributed by atoms with Crippen molar-refractivity contribution in [3.8, 4) is 0 Å². The Balaban J connectivity index is 1.59. The molecule has 1 heterocycles. The normalized spacial score (nSPS) is 20.1. The van der Waals surface area contributed by atoms with Gasteiger partial charge in [0.15, 0.2) is 0 Å². The van der Waals surface area contributed by atoms with Gasteiger partial charge in [-0.2, -0.15) is 0 Å². The fraction of sp³-hybridized carbons (Fsp3) is 0.400. The van der Waals surface area contributed by atoms with E-state index in [-0.39, 0.29) is 11.7 Å². The quantitative estimate of drug-likeness (QED) is 0.866. The number of benzene rings is 1. The van der Waals surface area contributed by atoms with Crippen LogP contribution in [0.3, 0.4) is 0 Å². The van der Waals surface area contributed by atoms with Crippen LogP contribution in [-0.2, 0) is 23.1 Å². The van der Waals surface area contributed by atoms with Gasteiger partial charge in [-0.3, -0.25) is 9.59 Å². The number of aliphatic carboxylic acids is 1. The van der Waals surface area contributed by atoms with Crippen LogP contribution in [0.2, 0.25) is 0 Å². The minimum atomic E-state index is -0.919. The third-order valence-corrected chi connectivity index (χ3v) is 4.03. The van der Waals surface area contributed by atoms with Gasteiger partial charge in [0.25, 0.3) is 0 Å². The second-order valence-corrected chi connectivity index (χ2v) is 5.55. The average Bonchev–Trinajstić information content (AvgIpc) is 3.21. The molecule has 1 aromatic carbocycles. The number of amides is 1. The van der Waals surface area contributed by atoms with Crippen LogP contribution in [0.15, 0.2) is 18.2 Å². The second kappa shape index (κ2) is 5.40. The molecule has 1 aromatic heterocycles. The van der Waals surface area contributed by atoms with E-state index in [0.717, 1.165) is 11.3 Å². The fourth-order valence-electron chi connectivity index (χ4n) is 2.63. The highest BCUT2D eigenvalue weighted by Crippen LogP contribution is 2.38.